The van der Waals surface area contributed by atoms with Crippen LogP contribution in [0.2, 0.25) is 0 Å². The summed E-state index contributed by atoms with van der Waals surface area (Å²) in [6.45, 7) is 0. The molecule has 2 unspecified atom stereocenters. The summed E-state index contributed by atoms with van der Waals surface area (Å²) in [4.78, 5) is 16.1. The van der Waals surface area contributed by atoms with E-state index in [-0.39, 0.29) is 5.91 Å². The lowest BCUT2D eigenvalue weighted by atomic mass is 9.83. The summed E-state index contributed by atoms with van der Waals surface area (Å²) in [7, 11) is 0. The molecule has 2 fully saturated rings. The van der Waals surface area contributed by atoms with Crippen molar-refractivity contribution in [2.45, 2.75) is 38.2 Å². The van der Waals surface area contributed by atoms with Gasteiger partial charge in [0.25, 0.3) is 0 Å². The highest BCUT2D eigenvalue weighted by Crippen LogP contribution is 2.30. The molecular weight excluding hydrogens is 142 g/mol. The lowest BCUT2D eigenvalue weighted by Gasteiger charge is -2.34. The first kappa shape index (κ1) is 7.10. The van der Waals surface area contributed by atoms with Crippen molar-refractivity contribution < 1.29 is 9.63 Å². The lowest BCUT2D eigenvalue weighted by molar-refractivity contribution is -0.159. The van der Waals surface area contributed by atoms with E-state index in [1.807, 2.05) is 0 Å². The first-order valence-electron chi connectivity index (χ1n) is 4.31. The minimum absolute atomic E-state index is 0.0492. The predicted molar refractivity (Wildman–Crippen MR) is 39.6 cm³/mol. The van der Waals surface area contributed by atoms with Gasteiger partial charge in [-0.2, -0.15) is 0 Å². The van der Waals surface area contributed by atoms with E-state index in [9.17, 15) is 4.79 Å². The van der Waals surface area contributed by atoms with Crippen LogP contribution in [0.1, 0.15) is 32.1 Å². The van der Waals surface area contributed by atoms with Gasteiger partial charge in [0.05, 0.1) is 6.10 Å². The maximum atomic E-state index is 10.9. The van der Waals surface area contributed by atoms with E-state index < -0.39 is 0 Å². The third-order valence-corrected chi connectivity index (χ3v) is 2.61. The van der Waals surface area contributed by atoms with Crippen molar-refractivity contribution in [3.63, 3.8) is 0 Å². The zero-order valence-electron chi connectivity index (χ0n) is 6.51. The van der Waals surface area contributed by atoms with Crippen LogP contribution in [0.5, 0.6) is 0 Å². The molecule has 3 heteroatoms. The summed E-state index contributed by atoms with van der Waals surface area (Å²) in [6, 6.07) is 0. The van der Waals surface area contributed by atoms with E-state index >= 15 is 0 Å². The molecule has 0 radical (unpaired) electrons. The van der Waals surface area contributed by atoms with E-state index in [0.29, 0.717) is 18.4 Å². The minimum Gasteiger partial charge on any atom is -0.273 e. The zero-order chi connectivity index (χ0) is 7.68. The SMILES string of the molecule is O=C1CC2CCCCC2ON1. The van der Waals surface area contributed by atoms with Gasteiger partial charge in [-0.25, -0.2) is 5.48 Å². The second kappa shape index (κ2) is 2.81. The molecule has 0 aromatic carbocycles. The summed E-state index contributed by atoms with van der Waals surface area (Å²) in [5.74, 6) is 0.547. The van der Waals surface area contributed by atoms with Crippen LogP contribution in [0.15, 0.2) is 0 Å². The van der Waals surface area contributed by atoms with Crippen molar-refractivity contribution in [3.8, 4) is 0 Å². The summed E-state index contributed by atoms with van der Waals surface area (Å²) in [5, 5.41) is 0. The number of fused-ring (bicyclic) bond motifs is 1. The fourth-order valence-corrected chi connectivity index (χ4v) is 1.98. The van der Waals surface area contributed by atoms with Crippen LogP contribution in [0.4, 0.5) is 0 Å². The van der Waals surface area contributed by atoms with Gasteiger partial charge in [-0.15, -0.1) is 0 Å². The number of amides is 1. The standard InChI is InChI=1S/C8H13NO2/c10-8-5-6-3-1-2-4-7(6)11-9-8/h6-7H,1-5H2,(H,9,10). The molecule has 0 spiro atoms. The first-order valence-corrected chi connectivity index (χ1v) is 4.31. The third-order valence-electron chi connectivity index (χ3n) is 2.61. The number of carbonyl (C=O) groups is 1. The molecule has 11 heavy (non-hydrogen) atoms. The molecule has 2 rings (SSSR count). The molecule has 1 saturated heterocycles. The van der Waals surface area contributed by atoms with Crippen LogP contribution in [0.25, 0.3) is 0 Å². The smallest absolute Gasteiger partial charge is 0.243 e. The van der Waals surface area contributed by atoms with E-state index in [0.717, 1.165) is 12.8 Å². The van der Waals surface area contributed by atoms with Crippen LogP contribution in [0.3, 0.4) is 0 Å². The second-order valence-electron chi connectivity index (χ2n) is 3.43. The molecule has 1 saturated carbocycles. The van der Waals surface area contributed by atoms with Gasteiger partial charge in [-0.3, -0.25) is 9.63 Å². The van der Waals surface area contributed by atoms with Crippen LogP contribution in [-0.2, 0) is 9.63 Å². The number of rotatable bonds is 0. The molecule has 3 nitrogen and oxygen atoms in total. The Balaban J connectivity index is 1.98. The van der Waals surface area contributed by atoms with Gasteiger partial charge < -0.3 is 0 Å². The van der Waals surface area contributed by atoms with Crippen LogP contribution in [-0.4, -0.2) is 12.0 Å². The summed E-state index contributed by atoms with van der Waals surface area (Å²) in [5.41, 5.74) is 2.44. The largest absolute Gasteiger partial charge is 0.273 e. The van der Waals surface area contributed by atoms with Crippen LogP contribution < -0.4 is 5.48 Å². The fraction of sp³-hybridized carbons (Fsp3) is 0.875. The van der Waals surface area contributed by atoms with E-state index in [1.165, 1.54) is 12.8 Å². The Labute approximate surface area is 66.1 Å². The molecule has 62 valence electrons. The molecule has 1 heterocycles. The van der Waals surface area contributed by atoms with E-state index in [4.69, 9.17) is 4.84 Å². The quantitative estimate of drug-likeness (QED) is 0.566. The maximum absolute atomic E-state index is 10.9. The molecule has 2 atom stereocenters. The Morgan fingerprint density at radius 3 is 3.09 bits per heavy atom. The first-order chi connectivity index (χ1) is 5.36. The number of nitrogens with one attached hydrogen (secondary N) is 1. The molecule has 1 amide bonds. The topological polar surface area (TPSA) is 38.3 Å². The summed E-state index contributed by atoms with van der Waals surface area (Å²) in [6.07, 6.45) is 5.77. The van der Waals surface area contributed by atoms with Crippen molar-refractivity contribution in [2.75, 3.05) is 0 Å². The molecule has 1 aliphatic heterocycles. The number of hydrogen-bond donors (Lipinski definition) is 1. The van der Waals surface area contributed by atoms with Crippen LogP contribution >= 0.6 is 0 Å². The van der Waals surface area contributed by atoms with Gasteiger partial charge >= 0.3 is 0 Å². The lowest BCUT2D eigenvalue weighted by Crippen LogP contribution is -2.43. The van der Waals surface area contributed by atoms with Crippen molar-refractivity contribution in [1.29, 1.82) is 0 Å². The highest BCUT2D eigenvalue weighted by Gasteiger charge is 2.32. The normalized spacial score (nSPS) is 37.6. The molecule has 0 aromatic rings. The molecule has 1 aliphatic carbocycles. The average molecular weight is 155 g/mol. The van der Waals surface area contributed by atoms with Crippen molar-refractivity contribution in [1.82, 2.24) is 5.48 Å². The zero-order valence-corrected chi connectivity index (χ0v) is 6.51. The Hall–Kier alpha value is -0.570. The molecule has 1 N–H and O–H groups in total. The Morgan fingerprint density at radius 1 is 1.36 bits per heavy atom. The number of hydroxylamine groups is 1. The van der Waals surface area contributed by atoms with E-state index in [1.54, 1.807) is 0 Å². The van der Waals surface area contributed by atoms with Gasteiger partial charge in [0.2, 0.25) is 5.91 Å². The minimum atomic E-state index is 0.0492. The van der Waals surface area contributed by atoms with E-state index in [2.05, 4.69) is 5.48 Å². The summed E-state index contributed by atoms with van der Waals surface area (Å²) < 4.78 is 0. The highest BCUT2D eigenvalue weighted by atomic mass is 16.7. The molecule has 0 bridgehead atoms. The van der Waals surface area contributed by atoms with Gasteiger partial charge in [-0.1, -0.05) is 12.8 Å². The Bertz CT molecular complexity index is 169. The number of carbonyl (C=O) groups excluding carboxylic acids is 1. The maximum Gasteiger partial charge on any atom is 0.243 e. The highest BCUT2D eigenvalue weighted by molar-refractivity contribution is 5.75. The van der Waals surface area contributed by atoms with Crippen molar-refractivity contribution in [3.05, 3.63) is 0 Å². The molecular formula is C8H13NO2. The van der Waals surface area contributed by atoms with Gasteiger partial charge in [0.15, 0.2) is 0 Å². The summed E-state index contributed by atoms with van der Waals surface area (Å²) >= 11 is 0. The van der Waals surface area contributed by atoms with Gasteiger partial charge in [0, 0.05) is 6.42 Å². The third kappa shape index (κ3) is 1.38. The monoisotopic (exact) mass is 155 g/mol. The molecule has 0 aromatic heterocycles. The second-order valence-corrected chi connectivity index (χ2v) is 3.43. The average Bonchev–Trinajstić information content (AvgIpc) is 2.04. The van der Waals surface area contributed by atoms with Gasteiger partial charge in [-0.05, 0) is 18.8 Å². The number of hydrogen-bond acceptors (Lipinski definition) is 2. The Kier molecular flexibility index (Phi) is 1.82. The van der Waals surface area contributed by atoms with Crippen LogP contribution in [0, 0.1) is 5.92 Å². The fourth-order valence-electron chi connectivity index (χ4n) is 1.98. The predicted octanol–water partition coefficient (Wildman–Crippen LogP) is 0.997. The van der Waals surface area contributed by atoms with Crippen molar-refractivity contribution in [2.24, 2.45) is 5.92 Å². The van der Waals surface area contributed by atoms with Crippen molar-refractivity contribution >= 4 is 5.91 Å². The Morgan fingerprint density at radius 2 is 2.18 bits per heavy atom. The molecule has 2 aliphatic rings. The van der Waals surface area contributed by atoms with Gasteiger partial charge in [0.1, 0.15) is 0 Å².